The molecule has 1 aromatic carbocycles. The molecule has 0 saturated carbocycles. The number of aromatic nitrogens is 1. The van der Waals surface area contributed by atoms with Crippen LogP contribution in [-0.4, -0.2) is 62.5 Å². The lowest BCUT2D eigenvalue weighted by atomic mass is 10.1. The molecule has 1 aliphatic heterocycles. The van der Waals surface area contributed by atoms with Crippen LogP contribution in [0.25, 0.3) is 0 Å². The van der Waals surface area contributed by atoms with Crippen LogP contribution in [-0.2, 0) is 22.2 Å². The number of benzene rings is 1. The van der Waals surface area contributed by atoms with Gasteiger partial charge in [-0.25, -0.2) is 4.79 Å². The maximum absolute atomic E-state index is 13.3. The summed E-state index contributed by atoms with van der Waals surface area (Å²) >= 11 is 0. The molecule has 168 valence electrons. The Bertz CT molecular complexity index is 859. The van der Waals surface area contributed by atoms with Crippen molar-refractivity contribution in [1.82, 2.24) is 9.88 Å². The van der Waals surface area contributed by atoms with Crippen LogP contribution in [0.5, 0.6) is 0 Å². The van der Waals surface area contributed by atoms with E-state index in [0.29, 0.717) is 32.0 Å². The Morgan fingerprint density at radius 2 is 2.06 bits per heavy atom. The Hall–Kier alpha value is -2.85. The second-order valence-corrected chi connectivity index (χ2v) is 7.03. The number of alkyl halides is 3. The minimum absolute atomic E-state index is 0.107. The molecule has 1 saturated heterocycles. The topological polar surface area (TPSA) is 66.9 Å². The number of nitrogens with one attached hydrogen (secondary N) is 1. The highest BCUT2D eigenvalue weighted by Crippen LogP contribution is 2.36. The molecule has 7 nitrogen and oxygen atoms in total. The number of amides is 2. The largest absolute Gasteiger partial charge is 0.416 e. The average Bonchev–Trinajstić information content (AvgIpc) is 2.77. The van der Waals surface area contributed by atoms with Crippen molar-refractivity contribution in [2.75, 3.05) is 56.8 Å². The van der Waals surface area contributed by atoms with Crippen LogP contribution in [0.2, 0.25) is 0 Å². The highest BCUT2D eigenvalue weighted by molar-refractivity contribution is 5.93. The molecule has 2 amide bonds. The summed E-state index contributed by atoms with van der Waals surface area (Å²) in [5, 5.41) is 2.68. The zero-order valence-corrected chi connectivity index (χ0v) is 17.2. The number of pyridine rings is 1. The predicted octanol–water partition coefficient (Wildman–Crippen LogP) is 3.62. The quantitative estimate of drug-likeness (QED) is 0.715. The highest BCUT2D eigenvalue weighted by Gasteiger charge is 2.32. The number of hydrogen-bond acceptors (Lipinski definition) is 5. The lowest BCUT2D eigenvalue weighted by Crippen LogP contribution is -2.39. The molecule has 0 bridgehead atoms. The Labute approximate surface area is 178 Å². The van der Waals surface area contributed by atoms with Crippen molar-refractivity contribution in [2.24, 2.45) is 0 Å². The molecular formula is C21H25F3N4O3. The molecule has 10 heteroatoms. The molecule has 3 rings (SSSR count). The molecule has 1 N–H and O–H groups in total. The van der Waals surface area contributed by atoms with Gasteiger partial charge in [0.1, 0.15) is 0 Å². The van der Waals surface area contributed by atoms with Gasteiger partial charge in [-0.3, -0.25) is 4.98 Å². The SMILES string of the molecule is COCCN(Cc1cccnc1)C(=O)Nc1cc(C(F)(F)F)ccc1N1CCOCC1. The summed E-state index contributed by atoms with van der Waals surface area (Å²) in [4.78, 5) is 20.5. The van der Waals surface area contributed by atoms with Crippen LogP contribution < -0.4 is 10.2 Å². The van der Waals surface area contributed by atoms with Crippen LogP contribution >= 0.6 is 0 Å². The summed E-state index contributed by atoms with van der Waals surface area (Å²) in [6.45, 7) is 2.78. The molecule has 0 radical (unpaired) electrons. The van der Waals surface area contributed by atoms with E-state index in [9.17, 15) is 18.0 Å². The first-order valence-electron chi connectivity index (χ1n) is 9.86. The fraction of sp³-hybridized carbons (Fsp3) is 0.429. The van der Waals surface area contributed by atoms with Crippen molar-refractivity contribution >= 4 is 17.4 Å². The second kappa shape index (κ2) is 10.5. The Balaban J connectivity index is 1.86. The monoisotopic (exact) mass is 438 g/mol. The number of hydrogen-bond donors (Lipinski definition) is 1. The number of ether oxygens (including phenoxy) is 2. The van der Waals surface area contributed by atoms with E-state index in [1.807, 2.05) is 11.0 Å². The molecule has 0 spiro atoms. The molecular weight excluding hydrogens is 413 g/mol. The normalized spacial score (nSPS) is 14.4. The average molecular weight is 438 g/mol. The molecule has 1 aromatic heterocycles. The first-order valence-corrected chi connectivity index (χ1v) is 9.86. The summed E-state index contributed by atoms with van der Waals surface area (Å²) in [6.07, 6.45) is -1.26. The van der Waals surface area contributed by atoms with Crippen molar-refractivity contribution in [3.63, 3.8) is 0 Å². The van der Waals surface area contributed by atoms with Gasteiger partial charge in [-0.1, -0.05) is 6.07 Å². The van der Waals surface area contributed by atoms with E-state index in [2.05, 4.69) is 10.3 Å². The van der Waals surface area contributed by atoms with Crippen LogP contribution in [0.3, 0.4) is 0 Å². The zero-order chi connectivity index (χ0) is 22.3. The van der Waals surface area contributed by atoms with Gasteiger partial charge in [-0.05, 0) is 29.8 Å². The fourth-order valence-corrected chi connectivity index (χ4v) is 3.25. The third-order valence-corrected chi connectivity index (χ3v) is 4.87. The summed E-state index contributed by atoms with van der Waals surface area (Å²) < 4.78 is 50.4. The van der Waals surface area contributed by atoms with E-state index < -0.39 is 17.8 Å². The molecule has 0 unspecified atom stereocenters. The molecule has 1 fully saturated rings. The zero-order valence-electron chi connectivity index (χ0n) is 17.2. The number of carbonyl (C=O) groups is 1. The standard InChI is InChI=1S/C21H25F3N4O3/c1-30-10-7-28(15-16-3-2-6-25-14-16)20(29)26-18-13-17(21(22,23)24)4-5-19(18)27-8-11-31-12-9-27/h2-6,13-14H,7-12,15H2,1H3,(H,26,29). The van der Waals surface area contributed by atoms with Gasteiger partial charge in [0.2, 0.25) is 0 Å². The summed E-state index contributed by atoms with van der Waals surface area (Å²) in [5.74, 6) is 0. The van der Waals surface area contributed by atoms with E-state index in [1.165, 1.54) is 18.1 Å². The number of halogens is 3. The van der Waals surface area contributed by atoms with Gasteiger partial charge < -0.3 is 24.6 Å². The number of methoxy groups -OCH3 is 1. The molecule has 0 aliphatic carbocycles. The first kappa shape index (κ1) is 22.8. The second-order valence-electron chi connectivity index (χ2n) is 7.03. The molecule has 0 atom stereocenters. The van der Waals surface area contributed by atoms with Gasteiger partial charge in [-0.2, -0.15) is 13.2 Å². The van der Waals surface area contributed by atoms with E-state index in [1.54, 1.807) is 18.5 Å². The lowest BCUT2D eigenvalue weighted by Gasteiger charge is -2.31. The van der Waals surface area contributed by atoms with Crippen LogP contribution in [0.1, 0.15) is 11.1 Å². The van der Waals surface area contributed by atoms with Gasteiger partial charge >= 0.3 is 12.2 Å². The number of nitrogens with zero attached hydrogens (tertiary/aromatic N) is 3. The van der Waals surface area contributed by atoms with E-state index in [0.717, 1.165) is 17.7 Å². The number of urea groups is 1. The number of rotatable bonds is 7. The summed E-state index contributed by atoms with van der Waals surface area (Å²) in [6, 6.07) is 6.45. The minimum Gasteiger partial charge on any atom is -0.383 e. The third-order valence-electron chi connectivity index (χ3n) is 4.87. The Morgan fingerprint density at radius 1 is 1.29 bits per heavy atom. The highest BCUT2D eigenvalue weighted by atomic mass is 19.4. The molecule has 31 heavy (non-hydrogen) atoms. The van der Waals surface area contributed by atoms with Crippen molar-refractivity contribution in [1.29, 1.82) is 0 Å². The number of carbonyl (C=O) groups excluding carboxylic acids is 1. The maximum Gasteiger partial charge on any atom is 0.416 e. The number of anilines is 2. The smallest absolute Gasteiger partial charge is 0.383 e. The van der Waals surface area contributed by atoms with Gasteiger partial charge in [0.05, 0.1) is 36.8 Å². The Kier molecular flexibility index (Phi) is 7.69. The van der Waals surface area contributed by atoms with Crippen molar-refractivity contribution in [2.45, 2.75) is 12.7 Å². The molecule has 2 heterocycles. The van der Waals surface area contributed by atoms with Crippen molar-refractivity contribution < 1.29 is 27.4 Å². The maximum atomic E-state index is 13.3. The van der Waals surface area contributed by atoms with E-state index in [4.69, 9.17) is 9.47 Å². The van der Waals surface area contributed by atoms with E-state index >= 15 is 0 Å². The Morgan fingerprint density at radius 3 is 2.71 bits per heavy atom. The van der Waals surface area contributed by atoms with Crippen LogP contribution in [0.15, 0.2) is 42.7 Å². The van der Waals surface area contributed by atoms with Gasteiger partial charge in [0, 0.05) is 45.7 Å². The van der Waals surface area contributed by atoms with Crippen molar-refractivity contribution in [3.05, 3.63) is 53.9 Å². The lowest BCUT2D eigenvalue weighted by molar-refractivity contribution is -0.137. The van der Waals surface area contributed by atoms with Crippen LogP contribution in [0, 0.1) is 0 Å². The minimum atomic E-state index is -4.52. The summed E-state index contributed by atoms with van der Waals surface area (Å²) in [7, 11) is 1.52. The van der Waals surface area contributed by atoms with Gasteiger partial charge in [-0.15, -0.1) is 0 Å². The van der Waals surface area contributed by atoms with Crippen LogP contribution in [0.4, 0.5) is 29.3 Å². The fourth-order valence-electron chi connectivity index (χ4n) is 3.25. The molecule has 2 aromatic rings. The van der Waals surface area contributed by atoms with Crippen molar-refractivity contribution in [3.8, 4) is 0 Å². The number of morpholine rings is 1. The van der Waals surface area contributed by atoms with Gasteiger partial charge in [0.15, 0.2) is 0 Å². The first-order chi connectivity index (χ1) is 14.9. The molecule has 1 aliphatic rings. The van der Waals surface area contributed by atoms with Gasteiger partial charge in [0.25, 0.3) is 0 Å². The van der Waals surface area contributed by atoms with E-state index in [-0.39, 0.29) is 25.4 Å². The summed E-state index contributed by atoms with van der Waals surface area (Å²) in [5.41, 5.74) is 0.606. The predicted molar refractivity (Wildman–Crippen MR) is 110 cm³/mol. The third kappa shape index (κ3) is 6.31.